The lowest BCUT2D eigenvalue weighted by Gasteiger charge is -2.09. The molecular formula is C18H11ClFN3O. The lowest BCUT2D eigenvalue weighted by Crippen LogP contribution is -1.96. The van der Waals surface area contributed by atoms with E-state index in [1.54, 1.807) is 24.8 Å². The van der Waals surface area contributed by atoms with Crippen LogP contribution in [0.25, 0.3) is 33.2 Å². The predicted octanol–water partition coefficient (Wildman–Crippen LogP) is 4.93. The fourth-order valence-electron chi connectivity index (χ4n) is 2.58. The number of fused-ring (bicyclic) bond motifs is 1. The van der Waals surface area contributed by atoms with Crippen molar-refractivity contribution in [3.63, 3.8) is 0 Å². The van der Waals surface area contributed by atoms with Crippen molar-refractivity contribution in [1.82, 2.24) is 9.97 Å². The number of hydrogen-bond donors (Lipinski definition) is 1. The molecule has 0 radical (unpaired) electrons. The number of halogens is 2. The molecule has 0 spiro atoms. The molecule has 4 aromatic rings. The fraction of sp³-hybridized carbons (Fsp3) is 0. The third-order valence-electron chi connectivity index (χ3n) is 3.84. The Labute approximate surface area is 141 Å². The Kier molecular flexibility index (Phi) is 3.43. The van der Waals surface area contributed by atoms with Crippen molar-refractivity contribution in [2.24, 2.45) is 0 Å². The molecule has 0 aliphatic carbocycles. The first kappa shape index (κ1) is 14.7. The summed E-state index contributed by atoms with van der Waals surface area (Å²) in [6.07, 6.45) is 6.33. The van der Waals surface area contributed by atoms with Crippen molar-refractivity contribution < 1.29 is 8.81 Å². The van der Waals surface area contributed by atoms with E-state index >= 15 is 0 Å². The molecule has 0 saturated carbocycles. The first-order chi connectivity index (χ1) is 11.6. The Balaban J connectivity index is 1.91. The predicted molar refractivity (Wildman–Crippen MR) is 92.1 cm³/mol. The van der Waals surface area contributed by atoms with E-state index in [9.17, 15) is 4.39 Å². The summed E-state index contributed by atoms with van der Waals surface area (Å²) in [5.74, 6) is -0.0340. The summed E-state index contributed by atoms with van der Waals surface area (Å²) in [6.45, 7) is 0. The van der Waals surface area contributed by atoms with Crippen LogP contribution in [0.5, 0.6) is 0 Å². The van der Waals surface area contributed by atoms with E-state index < -0.39 is 0 Å². The number of pyridine rings is 2. The van der Waals surface area contributed by atoms with Crippen molar-refractivity contribution in [1.29, 1.82) is 0 Å². The molecule has 3 heterocycles. The molecule has 4 rings (SSSR count). The zero-order valence-corrected chi connectivity index (χ0v) is 13.1. The van der Waals surface area contributed by atoms with Gasteiger partial charge in [0, 0.05) is 44.9 Å². The molecule has 1 aromatic carbocycles. The number of benzene rings is 1. The number of nitrogens with two attached hydrogens (primary N) is 1. The van der Waals surface area contributed by atoms with Gasteiger partial charge in [-0.1, -0.05) is 11.6 Å². The van der Waals surface area contributed by atoms with Crippen molar-refractivity contribution in [3.05, 3.63) is 66.1 Å². The van der Waals surface area contributed by atoms with E-state index in [0.29, 0.717) is 32.9 Å². The van der Waals surface area contributed by atoms with Crippen LogP contribution in [0.3, 0.4) is 0 Å². The van der Waals surface area contributed by atoms with E-state index in [1.807, 2.05) is 12.1 Å². The summed E-state index contributed by atoms with van der Waals surface area (Å²) in [6, 6.07) is 8.26. The highest BCUT2D eigenvalue weighted by molar-refractivity contribution is 6.35. The molecule has 4 nitrogen and oxygen atoms in total. The minimum atomic E-state index is -0.369. The molecule has 118 valence electrons. The second-order valence-corrected chi connectivity index (χ2v) is 5.72. The van der Waals surface area contributed by atoms with Crippen LogP contribution in [0.1, 0.15) is 0 Å². The van der Waals surface area contributed by atoms with Gasteiger partial charge in [0.2, 0.25) is 0 Å². The number of aromatic nitrogens is 2. The molecule has 0 unspecified atom stereocenters. The second-order valence-electron chi connectivity index (χ2n) is 5.31. The first-order valence-electron chi connectivity index (χ1n) is 7.16. The van der Waals surface area contributed by atoms with Gasteiger partial charge in [-0.2, -0.15) is 0 Å². The maximum Gasteiger partial charge on any atom is 0.132 e. The van der Waals surface area contributed by atoms with E-state index in [0.717, 1.165) is 11.1 Å². The summed E-state index contributed by atoms with van der Waals surface area (Å²) in [4.78, 5) is 8.54. The zero-order chi connectivity index (χ0) is 16.7. The Morgan fingerprint density at radius 1 is 1.00 bits per heavy atom. The van der Waals surface area contributed by atoms with Crippen molar-refractivity contribution in [2.75, 3.05) is 5.73 Å². The zero-order valence-electron chi connectivity index (χ0n) is 12.3. The number of nitrogens with zero attached hydrogens (tertiary/aromatic N) is 2. The van der Waals surface area contributed by atoms with Gasteiger partial charge in [-0.05, 0) is 30.3 Å². The number of rotatable bonds is 2. The molecule has 24 heavy (non-hydrogen) atoms. The van der Waals surface area contributed by atoms with Crippen LogP contribution in [0, 0.1) is 5.82 Å². The normalized spacial score (nSPS) is 11.1. The molecule has 0 amide bonds. The van der Waals surface area contributed by atoms with Crippen LogP contribution in [-0.2, 0) is 0 Å². The van der Waals surface area contributed by atoms with Crippen LogP contribution in [0.2, 0.25) is 5.02 Å². The quantitative estimate of drug-likeness (QED) is 0.562. The SMILES string of the molecule is Nc1ncc(-c2ccoc2)cc1-c1cc2c(Cl)ccc(F)c2cn1. The van der Waals surface area contributed by atoms with E-state index in [2.05, 4.69) is 9.97 Å². The van der Waals surface area contributed by atoms with E-state index in [1.165, 1.54) is 18.3 Å². The molecule has 0 fully saturated rings. The third-order valence-corrected chi connectivity index (χ3v) is 4.17. The second kappa shape index (κ2) is 5.62. The lowest BCUT2D eigenvalue weighted by molar-refractivity contribution is 0.568. The van der Waals surface area contributed by atoms with Gasteiger partial charge in [0.25, 0.3) is 0 Å². The minimum Gasteiger partial charge on any atom is -0.472 e. The highest BCUT2D eigenvalue weighted by atomic mass is 35.5. The first-order valence-corrected chi connectivity index (χ1v) is 7.53. The largest absolute Gasteiger partial charge is 0.472 e. The van der Waals surface area contributed by atoms with Crippen LogP contribution >= 0.6 is 11.6 Å². The summed E-state index contributed by atoms with van der Waals surface area (Å²) >= 11 is 6.19. The number of furan rings is 1. The highest BCUT2D eigenvalue weighted by Crippen LogP contribution is 2.32. The van der Waals surface area contributed by atoms with Gasteiger partial charge in [0.1, 0.15) is 11.6 Å². The van der Waals surface area contributed by atoms with Gasteiger partial charge in [-0.15, -0.1) is 0 Å². The number of nitrogen functional groups attached to an aromatic ring is 1. The summed E-state index contributed by atoms with van der Waals surface area (Å²) in [7, 11) is 0. The van der Waals surface area contributed by atoms with Crippen LogP contribution in [0.15, 0.2) is 59.7 Å². The highest BCUT2D eigenvalue weighted by Gasteiger charge is 2.12. The molecular weight excluding hydrogens is 329 g/mol. The van der Waals surface area contributed by atoms with Crippen LogP contribution < -0.4 is 5.73 Å². The van der Waals surface area contributed by atoms with Gasteiger partial charge < -0.3 is 10.2 Å². The standard InChI is InChI=1S/C18H11ClFN3O/c19-15-1-2-16(20)14-8-22-17(6-12(14)15)13-5-11(7-23-18(13)21)10-3-4-24-9-10/h1-9H,(H2,21,23). The van der Waals surface area contributed by atoms with Crippen LogP contribution in [-0.4, -0.2) is 9.97 Å². The molecule has 0 saturated heterocycles. The Hall–Kier alpha value is -2.92. The molecule has 3 aromatic heterocycles. The van der Waals surface area contributed by atoms with Gasteiger partial charge in [-0.25, -0.2) is 9.37 Å². The smallest absolute Gasteiger partial charge is 0.132 e. The lowest BCUT2D eigenvalue weighted by atomic mass is 10.0. The van der Waals surface area contributed by atoms with Gasteiger partial charge in [-0.3, -0.25) is 4.98 Å². The third kappa shape index (κ3) is 2.39. The van der Waals surface area contributed by atoms with Gasteiger partial charge in [0.05, 0.1) is 18.2 Å². The topological polar surface area (TPSA) is 64.9 Å². The Morgan fingerprint density at radius 2 is 1.88 bits per heavy atom. The van der Waals surface area contributed by atoms with E-state index in [4.69, 9.17) is 21.8 Å². The monoisotopic (exact) mass is 339 g/mol. The maximum absolute atomic E-state index is 13.9. The van der Waals surface area contributed by atoms with Crippen molar-refractivity contribution in [3.8, 4) is 22.4 Å². The van der Waals surface area contributed by atoms with Crippen molar-refractivity contribution in [2.45, 2.75) is 0 Å². The molecule has 0 aliphatic rings. The molecule has 0 atom stereocenters. The summed E-state index contributed by atoms with van der Waals surface area (Å²) in [5, 5.41) is 1.39. The van der Waals surface area contributed by atoms with Crippen molar-refractivity contribution >= 4 is 28.2 Å². The fourth-order valence-corrected chi connectivity index (χ4v) is 2.80. The minimum absolute atomic E-state index is 0.335. The van der Waals surface area contributed by atoms with Gasteiger partial charge >= 0.3 is 0 Å². The number of hydrogen-bond acceptors (Lipinski definition) is 4. The summed E-state index contributed by atoms with van der Waals surface area (Å²) < 4.78 is 19.0. The van der Waals surface area contributed by atoms with E-state index in [-0.39, 0.29) is 5.82 Å². The van der Waals surface area contributed by atoms with Gasteiger partial charge in [0.15, 0.2) is 0 Å². The average molecular weight is 340 g/mol. The average Bonchev–Trinajstić information content (AvgIpc) is 3.13. The Bertz CT molecular complexity index is 1050. The Morgan fingerprint density at radius 3 is 2.67 bits per heavy atom. The summed E-state index contributed by atoms with van der Waals surface area (Å²) in [5.41, 5.74) is 8.96. The van der Waals surface area contributed by atoms with Crippen LogP contribution in [0.4, 0.5) is 10.2 Å². The maximum atomic E-state index is 13.9. The molecule has 2 N–H and O–H groups in total. The molecule has 0 bridgehead atoms. The number of anilines is 1. The molecule has 0 aliphatic heterocycles. The molecule has 6 heteroatoms.